The van der Waals surface area contributed by atoms with Crippen LogP contribution in [0.1, 0.15) is 73.5 Å². The van der Waals surface area contributed by atoms with E-state index in [4.69, 9.17) is 20.4 Å². The summed E-state index contributed by atoms with van der Waals surface area (Å²) in [7, 11) is 0. The van der Waals surface area contributed by atoms with Crippen LogP contribution >= 0.6 is 0 Å². The third-order valence-electron chi connectivity index (χ3n) is 9.90. The number of unbranched alkanes of at least 4 members (excludes halogenated alkanes) is 1. The number of benzene rings is 1. The van der Waals surface area contributed by atoms with E-state index in [2.05, 4.69) is 59.0 Å². The molecule has 0 bridgehead atoms. The predicted molar refractivity (Wildman–Crippen MR) is 170 cm³/mol. The number of aromatic nitrogens is 3. The molecule has 1 amide bonds. The molecule has 1 unspecified atom stereocenters. The number of ether oxygens (including phenoxy) is 1. The topological polar surface area (TPSA) is 89.5 Å². The van der Waals surface area contributed by atoms with Gasteiger partial charge in [-0.05, 0) is 86.7 Å². The highest BCUT2D eigenvalue weighted by Gasteiger charge is 2.36. The first-order valence-electron chi connectivity index (χ1n) is 16.3. The average Bonchev–Trinajstić information content (AvgIpc) is 3.70. The number of para-hydroxylation sites is 1. The van der Waals surface area contributed by atoms with Crippen LogP contribution in [0.25, 0.3) is 21.8 Å². The first kappa shape index (κ1) is 28.4. The van der Waals surface area contributed by atoms with Crippen molar-refractivity contribution in [1.29, 1.82) is 0 Å². The van der Waals surface area contributed by atoms with Crippen LogP contribution in [-0.4, -0.2) is 69.6 Å². The number of carbonyl (C=O) groups excluding carboxylic acids is 1. The molecular weight excluding hydrogens is 536 g/mol. The smallest absolute Gasteiger partial charge is 0.242 e. The molecule has 8 heteroatoms. The number of hydrogen-bond acceptors (Lipinski definition) is 6. The Kier molecular flexibility index (Phi) is 8.17. The lowest BCUT2D eigenvalue weighted by Gasteiger charge is -2.35. The molecule has 3 atom stereocenters. The van der Waals surface area contributed by atoms with Crippen LogP contribution in [0.15, 0.2) is 48.8 Å². The first-order valence-corrected chi connectivity index (χ1v) is 16.3. The van der Waals surface area contributed by atoms with Gasteiger partial charge in [0.25, 0.3) is 0 Å². The fourth-order valence-corrected chi connectivity index (χ4v) is 7.40. The van der Waals surface area contributed by atoms with Crippen LogP contribution in [0, 0.1) is 5.92 Å². The molecule has 1 aliphatic heterocycles. The van der Waals surface area contributed by atoms with Gasteiger partial charge in [0, 0.05) is 48.3 Å². The van der Waals surface area contributed by atoms with Gasteiger partial charge in [-0.3, -0.25) is 19.7 Å². The molecule has 1 saturated heterocycles. The van der Waals surface area contributed by atoms with Crippen LogP contribution < -0.4 is 5.73 Å². The van der Waals surface area contributed by atoms with Gasteiger partial charge in [0.15, 0.2) is 0 Å². The lowest BCUT2D eigenvalue weighted by atomic mass is 9.89. The van der Waals surface area contributed by atoms with Gasteiger partial charge in [-0.1, -0.05) is 31.2 Å². The number of amides is 1. The van der Waals surface area contributed by atoms with Crippen molar-refractivity contribution in [1.82, 2.24) is 24.3 Å². The monoisotopic (exact) mass is 580 g/mol. The van der Waals surface area contributed by atoms with Gasteiger partial charge < -0.3 is 19.9 Å². The summed E-state index contributed by atoms with van der Waals surface area (Å²) in [5.41, 5.74) is 13.2. The molecule has 0 spiro atoms. The molecule has 1 aromatic carbocycles. The second-order valence-electron chi connectivity index (χ2n) is 12.8. The van der Waals surface area contributed by atoms with E-state index in [1.165, 1.54) is 29.7 Å². The van der Waals surface area contributed by atoms with Gasteiger partial charge in [-0.2, -0.15) is 0 Å². The Labute approximate surface area is 254 Å². The minimum Gasteiger partial charge on any atom is -0.378 e. The summed E-state index contributed by atoms with van der Waals surface area (Å²) in [6.45, 7) is 7.47. The molecule has 4 aromatic rings. The average molecular weight is 581 g/mol. The summed E-state index contributed by atoms with van der Waals surface area (Å²) in [4.78, 5) is 28.2. The summed E-state index contributed by atoms with van der Waals surface area (Å²) < 4.78 is 7.72. The molecule has 2 N–H and O–H groups in total. The number of hydrogen-bond donors (Lipinski definition) is 1. The Hall–Kier alpha value is -3.33. The van der Waals surface area contributed by atoms with E-state index < -0.39 is 0 Å². The fraction of sp³-hybridized carbons (Fsp3) is 0.514. The van der Waals surface area contributed by atoms with Crippen LogP contribution in [0.4, 0.5) is 0 Å². The van der Waals surface area contributed by atoms with Crippen LogP contribution in [0.5, 0.6) is 0 Å². The minimum absolute atomic E-state index is 0.131. The van der Waals surface area contributed by atoms with Crippen molar-refractivity contribution in [3.63, 3.8) is 0 Å². The molecule has 7 rings (SSSR count). The van der Waals surface area contributed by atoms with E-state index in [9.17, 15) is 4.79 Å². The standard InChI is InChI=1S/C35H44N6O2/c1-24-19-29(24)26-20-25-7-6-10-32(34(25)38-21-26)40(14-5-4-12-36)22-30-35-28(11-13-37-30)27-8-2-3-9-31(27)41(35)23-33(42)39-15-17-43-18-16-39/h2-3,8-9,11,13,20-21,24,29,32H,4-7,10,12,14-19,22-23,36H2,1H3/t24?,29-,32-/m0/s1. The molecule has 2 aliphatic carbocycles. The van der Waals surface area contributed by atoms with Gasteiger partial charge in [-0.25, -0.2) is 0 Å². The van der Waals surface area contributed by atoms with E-state index in [0.717, 1.165) is 65.6 Å². The number of aryl methyl sites for hydroxylation is 1. The molecular formula is C35H44N6O2. The highest BCUT2D eigenvalue weighted by atomic mass is 16.5. The molecule has 43 heavy (non-hydrogen) atoms. The third kappa shape index (κ3) is 5.68. The zero-order valence-corrected chi connectivity index (χ0v) is 25.4. The molecule has 2 fully saturated rings. The van der Waals surface area contributed by atoms with E-state index >= 15 is 0 Å². The van der Waals surface area contributed by atoms with Crippen molar-refractivity contribution in [2.45, 2.75) is 70.5 Å². The second-order valence-corrected chi connectivity index (χ2v) is 12.8. The molecule has 3 aromatic heterocycles. The van der Waals surface area contributed by atoms with E-state index in [1.807, 2.05) is 11.1 Å². The normalized spacial score (nSPS) is 21.9. The summed E-state index contributed by atoms with van der Waals surface area (Å²) in [6.07, 6.45) is 10.8. The number of pyridine rings is 2. The van der Waals surface area contributed by atoms with E-state index in [0.29, 0.717) is 51.9 Å². The van der Waals surface area contributed by atoms with Crippen LogP contribution in [0.2, 0.25) is 0 Å². The predicted octanol–water partition coefficient (Wildman–Crippen LogP) is 5.19. The maximum absolute atomic E-state index is 13.5. The first-order chi connectivity index (χ1) is 21.1. The highest BCUT2D eigenvalue weighted by Crippen LogP contribution is 2.48. The molecule has 8 nitrogen and oxygen atoms in total. The van der Waals surface area contributed by atoms with Crippen molar-refractivity contribution < 1.29 is 9.53 Å². The number of fused-ring (bicyclic) bond motifs is 4. The zero-order chi connectivity index (χ0) is 29.3. The molecule has 4 heterocycles. The Bertz CT molecular complexity index is 1610. The van der Waals surface area contributed by atoms with Gasteiger partial charge in [0.1, 0.15) is 6.54 Å². The zero-order valence-electron chi connectivity index (χ0n) is 25.4. The summed E-state index contributed by atoms with van der Waals surface area (Å²) in [5.74, 6) is 1.59. The fourth-order valence-electron chi connectivity index (χ4n) is 7.40. The molecule has 0 radical (unpaired) electrons. The third-order valence-corrected chi connectivity index (χ3v) is 9.90. The van der Waals surface area contributed by atoms with Gasteiger partial charge in [-0.15, -0.1) is 0 Å². The molecule has 3 aliphatic rings. The summed E-state index contributed by atoms with van der Waals surface area (Å²) in [5, 5.41) is 2.32. The minimum atomic E-state index is 0.131. The van der Waals surface area contributed by atoms with Crippen molar-refractivity contribution in [2.24, 2.45) is 11.7 Å². The van der Waals surface area contributed by atoms with Gasteiger partial charge in [0.05, 0.1) is 36.2 Å². The molecule has 1 saturated carbocycles. The Morgan fingerprint density at radius 3 is 2.77 bits per heavy atom. The number of carbonyl (C=O) groups is 1. The number of rotatable bonds is 10. The maximum atomic E-state index is 13.5. The van der Waals surface area contributed by atoms with Gasteiger partial charge >= 0.3 is 0 Å². The maximum Gasteiger partial charge on any atom is 0.242 e. The van der Waals surface area contributed by atoms with E-state index in [1.54, 1.807) is 0 Å². The lowest BCUT2D eigenvalue weighted by molar-refractivity contribution is -0.135. The van der Waals surface area contributed by atoms with Crippen molar-refractivity contribution in [3.05, 3.63) is 71.3 Å². The van der Waals surface area contributed by atoms with E-state index in [-0.39, 0.29) is 11.9 Å². The quantitative estimate of drug-likeness (QED) is 0.260. The highest BCUT2D eigenvalue weighted by molar-refractivity contribution is 6.09. The van der Waals surface area contributed by atoms with Crippen molar-refractivity contribution in [3.8, 4) is 0 Å². The number of nitrogens with two attached hydrogens (primary N) is 1. The largest absolute Gasteiger partial charge is 0.378 e. The van der Waals surface area contributed by atoms with Crippen LogP contribution in [-0.2, 0) is 29.0 Å². The summed E-state index contributed by atoms with van der Waals surface area (Å²) in [6, 6.07) is 13.2. The second kappa shape index (κ2) is 12.3. The lowest BCUT2D eigenvalue weighted by Crippen LogP contribution is -2.42. The van der Waals surface area contributed by atoms with Crippen molar-refractivity contribution >= 4 is 27.7 Å². The van der Waals surface area contributed by atoms with Crippen molar-refractivity contribution in [2.75, 3.05) is 39.4 Å². The number of morpholine rings is 1. The Morgan fingerprint density at radius 1 is 1.12 bits per heavy atom. The Balaban J connectivity index is 1.26. The SMILES string of the molecule is CC1C[C@@H]1c1cnc2c(c1)CCC[C@@H]2N(CCCCN)Cc1nccc2c3ccccc3n(CC(=O)N3CCOCC3)c12. The summed E-state index contributed by atoms with van der Waals surface area (Å²) >= 11 is 0. The van der Waals surface area contributed by atoms with Gasteiger partial charge in [0.2, 0.25) is 5.91 Å². The van der Waals surface area contributed by atoms with Crippen LogP contribution in [0.3, 0.4) is 0 Å². The Morgan fingerprint density at radius 2 is 1.95 bits per heavy atom. The molecule has 226 valence electrons. The number of nitrogens with zero attached hydrogens (tertiary/aromatic N) is 5.